The first-order valence-electron chi connectivity index (χ1n) is 5.99. The molecule has 2 aromatic heterocycles. The van der Waals surface area contributed by atoms with Gasteiger partial charge < -0.3 is 5.11 Å². The Morgan fingerprint density at radius 1 is 1.33 bits per heavy atom. The first-order valence-corrected chi connectivity index (χ1v) is 5.99. The van der Waals surface area contributed by atoms with Gasteiger partial charge in [0.1, 0.15) is 5.60 Å². The van der Waals surface area contributed by atoms with E-state index in [-0.39, 0.29) is 6.04 Å². The molecule has 0 aliphatic heterocycles. The van der Waals surface area contributed by atoms with Gasteiger partial charge in [-0.25, -0.2) is 9.67 Å². The second kappa shape index (κ2) is 4.49. The summed E-state index contributed by atoms with van der Waals surface area (Å²) in [5.74, 6) is 1.16. The minimum absolute atomic E-state index is 0.143. The van der Waals surface area contributed by atoms with Gasteiger partial charge in [-0.05, 0) is 39.8 Å². The zero-order valence-corrected chi connectivity index (χ0v) is 11.1. The summed E-state index contributed by atoms with van der Waals surface area (Å²) in [6.07, 6.45) is 3.42. The lowest BCUT2D eigenvalue weighted by Crippen LogP contribution is -2.23. The predicted octanol–water partition coefficient (Wildman–Crippen LogP) is 2.15. The molecule has 0 atom stereocenters. The predicted molar refractivity (Wildman–Crippen MR) is 68.9 cm³/mol. The minimum Gasteiger partial charge on any atom is -0.382 e. The van der Waals surface area contributed by atoms with Gasteiger partial charge in [-0.2, -0.15) is 5.10 Å². The van der Waals surface area contributed by atoms with E-state index in [9.17, 15) is 5.11 Å². The number of pyridine rings is 1. The van der Waals surface area contributed by atoms with Gasteiger partial charge in [0, 0.05) is 24.0 Å². The highest BCUT2D eigenvalue weighted by Crippen LogP contribution is 2.24. The van der Waals surface area contributed by atoms with Crippen molar-refractivity contribution >= 4 is 0 Å². The van der Waals surface area contributed by atoms with Crippen LogP contribution in [0.3, 0.4) is 0 Å². The molecular formula is C13H18N4O. The van der Waals surface area contributed by atoms with Crippen LogP contribution in [0.25, 0.3) is 11.4 Å². The van der Waals surface area contributed by atoms with Gasteiger partial charge in [0.2, 0.25) is 0 Å². The van der Waals surface area contributed by atoms with Crippen LogP contribution in [0, 0.1) is 0 Å². The van der Waals surface area contributed by atoms with Gasteiger partial charge in [0.05, 0.1) is 0 Å². The fourth-order valence-electron chi connectivity index (χ4n) is 1.72. The first kappa shape index (κ1) is 12.7. The van der Waals surface area contributed by atoms with Crippen molar-refractivity contribution in [1.29, 1.82) is 0 Å². The molecule has 18 heavy (non-hydrogen) atoms. The third-order valence-corrected chi connectivity index (χ3v) is 2.59. The molecule has 96 valence electrons. The van der Waals surface area contributed by atoms with Gasteiger partial charge in [-0.1, -0.05) is 0 Å². The smallest absolute Gasteiger partial charge is 0.183 e. The molecule has 0 fully saturated rings. The molecular weight excluding hydrogens is 228 g/mol. The van der Waals surface area contributed by atoms with Crippen molar-refractivity contribution < 1.29 is 5.11 Å². The Labute approximate surface area is 107 Å². The second-order valence-corrected chi connectivity index (χ2v) is 5.10. The Bertz CT molecular complexity index is 526. The van der Waals surface area contributed by atoms with E-state index in [0.29, 0.717) is 11.6 Å². The Morgan fingerprint density at radius 3 is 2.50 bits per heavy atom. The third-order valence-electron chi connectivity index (χ3n) is 2.59. The lowest BCUT2D eigenvalue weighted by molar-refractivity contribution is 0.0621. The number of aromatic nitrogens is 4. The molecule has 2 aromatic rings. The maximum absolute atomic E-state index is 10.1. The molecule has 0 bridgehead atoms. The van der Waals surface area contributed by atoms with Crippen molar-refractivity contribution in [2.24, 2.45) is 0 Å². The highest BCUT2D eigenvalue weighted by molar-refractivity contribution is 5.52. The van der Waals surface area contributed by atoms with Crippen molar-refractivity contribution in [3.63, 3.8) is 0 Å². The summed E-state index contributed by atoms with van der Waals surface area (Å²) in [7, 11) is 0. The van der Waals surface area contributed by atoms with Crippen LogP contribution in [0.15, 0.2) is 24.5 Å². The summed E-state index contributed by atoms with van der Waals surface area (Å²) in [5, 5.41) is 14.6. The lowest BCUT2D eigenvalue weighted by atomic mass is 10.1. The van der Waals surface area contributed by atoms with E-state index >= 15 is 0 Å². The molecule has 0 amide bonds. The van der Waals surface area contributed by atoms with Crippen molar-refractivity contribution in [3.8, 4) is 11.4 Å². The van der Waals surface area contributed by atoms with Crippen LogP contribution in [0.5, 0.6) is 0 Å². The van der Waals surface area contributed by atoms with Crippen LogP contribution in [0.1, 0.15) is 39.6 Å². The third kappa shape index (κ3) is 2.41. The van der Waals surface area contributed by atoms with Crippen LogP contribution in [0.4, 0.5) is 0 Å². The average molecular weight is 246 g/mol. The zero-order chi connectivity index (χ0) is 13.3. The molecule has 5 heteroatoms. The Kier molecular flexibility index (Phi) is 3.17. The molecule has 0 saturated carbocycles. The van der Waals surface area contributed by atoms with Crippen molar-refractivity contribution in [2.45, 2.75) is 39.3 Å². The maximum Gasteiger partial charge on any atom is 0.183 e. The van der Waals surface area contributed by atoms with Crippen LogP contribution in [0.2, 0.25) is 0 Å². The highest BCUT2D eigenvalue weighted by atomic mass is 16.3. The summed E-state index contributed by atoms with van der Waals surface area (Å²) in [6.45, 7) is 7.44. The SMILES string of the molecule is CC(C)n1nc(-c2cccnc2)nc1C(C)(C)O. The number of rotatable bonds is 3. The zero-order valence-electron chi connectivity index (χ0n) is 11.1. The van der Waals surface area contributed by atoms with E-state index in [0.717, 1.165) is 5.56 Å². The number of hydrogen-bond donors (Lipinski definition) is 1. The van der Waals surface area contributed by atoms with E-state index in [4.69, 9.17) is 0 Å². The van der Waals surface area contributed by atoms with E-state index in [2.05, 4.69) is 15.1 Å². The summed E-state index contributed by atoms with van der Waals surface area (Å²) in [5.41, 5.74) is -0.167. The molecule has 5 nitrogen and oxygen atoms in total. The molecule has 0 aromatic carbocycles. The topological polar surface area (TPSA) is 63.8 Å². The summed E-state index contributed by atoms with van der Waals surface area (Å²) in [6, 6.07) is 3.89. The van der Waals surface area contributed by atoms with Crippen LogP contribution in [-0.2, 0) is 5.60 Å². The standard InChI is InChI=1S/C13H18N4O/c1-9(2)17-12(13(3,4)18)15-11(16-17)10-6-5-7-14-8-10/h5-9,18H,1-4H3. The van der Waals surface area contributed by atoms with Gasteiger partial charge in [-0.15, -0.1) is 0 Å². The normalized spacial score (nSPS) is 12.1. The van der Waals surface area contributed by atoms with Crippen molar-refractivity contribution in [2.75, 3.05) is 0 Å². The van der Waals surface area contributed by atoms with E-state index in [1.165, 1.54) is 0 Å². The highest BCUT2D eigenvalue weighted by Gasteiger charge is 2.26. The minimum atomic E-state index is -1.02. The Balaban J connectivity index is 2.53. The number of aliphatic hydroxyl groups is 1. The van der Waals surface area contributed by atoms with Gasteiger partial charge in [0.25, 0.3) is 0 Å². The first-order chi connectivity index (χ1) is 8.39. The number of nitrogens with zero attached hydrogens (tertiary/aromatic N) is 4. The summed E-state index contributed by atoms with van der Waals surface area (Å²) >= 11 is 0. The Morgan fingerprint density at radius 2 is 2.06 bits per heavy atom. The molecule has 0 aliphatic rings. The average Bonchev–Trinajstić information content (AvgIpc) is 2.74. The summed E-state index contributed by atoms with van der Waals surface area (Å²) in [4.78, 5) is 8.49. The Hall–Kier alpha value is -1.75. The molecule has 0 aliphatic carbocycles. The largest absolute Gasteiger partial charge is 0.382 e. The van der Waals surface area contributed by atoms with Crippen molar-refractivity contribution in [1.82, 2.24) is 19.7 Å². The molecule has 0 radical (unpaired) electrons. The lowest BCUT2D eigenvalue weighted by Gasteiger charge is -2.18. The fraction of sp³-hybridized carbons (Fsp3) is 0.462. The molecule has 0 saturated heterocycles. The second-order valence-electron chi connectivity index (χ2n) is 5.10. The van der Waals surface area contributed by atoms with Gasteiger partial charge >= 0.3 is 0 Å². The van der Waals surface area contributed by atoms with Crippen LogP contribution >= 0.6 is 0 Å². The van der Waals surface area contributed by atoms with E-state index in [1.807, 2.05) is 26.0 Å². The monoisotopic (exact) mass is 246 g/mol. The molecule has 2 rings (SSSR count). The van der Waals surface area contributed by atoms with Crippen LogP contribution < -0.4 is 0 Å². The van der Waals surface area contributed by atoms with Gasteiger partial charge in [-0.3, -0.25) is 4.98 Å². The van der Waals surface area contributed by atoms with Crippen LogP contribution in [-0.4, -0.2) is 24.9 Å². The van der Waals surface area contributed by atoms with Crippen molar-refractivity contribution in [3.05, 3.63) is 30.4 Å². The molecule has 0 spiro atoms. The summed E-state index contributed by atoms with van der Waals surface area (Å²) < 4.78 is 1.75. The van der Waals surface area contributed by atoms with E-state index < -0.39 is 5.60 Å². The van der Waals surface area contributed by atoms with Gasteiger partial charge in [0.15, 0.2) is 11.6 Å². The van der Waals surface area contributed by atoms with E-state index in [1.54, 1.807) is 30.9 Å². The fourth-order valence-corrected chi connectivity index (χ4v) is 1.72. The molecule has 2 heterocycles. The quantitative estimate of drug-likeness (QED) is 0.901. The maximum atomic E-state index is 10.1. The molecule has 0 unspecified atom stereocenters. The number of hydrogen-bond acceptors (Lipinski definition) is 4. The molecule has 1 N–H and O–H groups in total.